The first-order valence-electron chi connectivity index (χ1n) is 12.9. The third kappa shape index (κ3) is 3.99. The molecule has 0 bridgehead atoms. The van der Waals surface area contributed by atoms with Crippen molar-refractivity contribution in [3.8, 4) is 0 Å². The summed E-state index contributed by atoms with van der Waals surface area (Å²) in [7, 11) is 0. The first-order chi connectivity index (χ1) is 17.8. The molecule has 0 nitrogen and oxygen atoms in total. The van der Waals surface area contributed by atoms with Gasteiger partial charge >= 0.3 is 0 Å². The average Bonchev–Trinajstić information content (AvgIpc) is 2.94. The van der Waals surface area contributed by atoms with Gasteiger partial charge in [-0.3, -0.25) is 0 Å². The maximum atomic E-state index is 3.83. The Morgan fingerprint density at radius 2 is 1.36 bits per heavy atom. The van der Waals surface area contributed by atoms with Crippen LogP contribution in [0.4, 0.5) is 0 Å². The lowest BCUT2D eigenvalue weighted by atomic mass is 9.69. The van der Waals surface area contributed by atoms with Crippen molar-refractivity contribution in [2.24, 2.45) is 11.8 Å². The first kappa shape index (κ1) is 22.3. The third-order valence-electron chi connectivity index (χ3n) is 7.43. The van der Waals surface area contributed by atoms with E-state index in [0.717, 1.165) is 12.8 Å². The molecule has 0 aliphatic heterocycles. The fourth-order valence-corrected chi connectivity index (χ4v) is 5.85. The molecule has 0 aromatic heterocycles. The second kappa shape index (κ2) is 9.84. The summed E-state index contributed by atoms with van der Waals surface area (Å²) in [5.74, 6) is 0.580. The van der Waals surface area contributed by atoms with Gasteiger partial charge in [-0.05, 0) is 68.0 Å². The predicted molar refractivity (Wildman–Crippen MR) is 155 cm³/mol. The van der Waals surface area contributed by atoms with Gasteiger partial charge in [-0.15, -0.1) is 6.58 Å². The Kier molecular flexibility index (Phi) is 6.10. The topological polar surface area (TPSA) is 0 Å². The van der Waals surface area contributed by atoms with Gasteiger partial charge in [-0.1, -0.05) is 127 Å². The molecule has 0 spiro atoms. The van der Waals surface area contributed by atoms with Crippen LogP contribution < -0.4 is 10.4 Å². The standard InChI is InChI=1S/C36H30/c1-2-3-4-5-14-26-15-12-18-28(25-26)35-31-20-8-10-22-33(31)36(34-23-11-9-21-32(34)35)30-24-13-17-27-16-6-7-19-29(27)30/h2,5-25,31,33H,1,3-4H2. The summed E-state index contributed by atoms with van der Waals surface area (Å²) in [6.45, 7) is 3.83. The normalized spacial score (nSPS) is 18.4. The van der Waals surface area contributed by atoms with Crippen molar-refractivity contribution in [1.82, 2.24) is 0 Å². The quantitative estimate of drug-likeness (QED) is 0.205. The van der Waals surface area contributed by atoms with Gasteiger partial charge in [-0.2, -0.15) is 0 Å². The second-order valence-electron chi connectivity index (χ2n) is 9.61. The van der Waals surface area contributed by atoms with Crippen molar-refractivity contribution in [2.45, 2.75) is 12.8 Å². The second-order valence-corrected chi connectivity index (χ2v) is 9.61. The molecule has 4 aromatic rings. The zero-order valence-electron chi connectivity index (χ0n) is 20.5. The summed E-state index contributed by atoms with van der Waals surface area (Å²) in [6, 6.07) is 33.5. The van der Waals surface area contributed by atoms with Crippen LogP contribution in [0, 0.1) is 11.8 Å². The molecule has 174 valence electrons. The molecule has 0 amide bonds. The van der Waals surface area contributed by atoms with E-state index in [2.05, 4.69) is 134 Å². The van der Waals surface area contributed by atoms with Crippen LogP contribution in [0.5, 0.6) is 0 Å². The molecule has 2 aliphatic carbocycles. The zero-order chi connectivity index (χ0) is 24.3. The van der Waals surface area contributed by atoms with Gasteiger partial charge in [0.2, 0.25) is 0 Å². The van der Waals surface area contributed by atoms with Crippen LogP contribution in [0.2, 0.25) is 0 Å². The van der Waals surface area contributed by atoms with Crippen LogP contribution in [-0.2, 0) is 0 Å². The molecule has 0 heteroatoms. The minimum Gasteiger partial charge on any atom is -0.103 e. The molecule has 2 unspecified atom stereocenters. The molecule has 36 heavy (non-hydrogen) atoms. The Hall–Kier alpha value is -4.16. The van der Waals surface area contributed by atoms with Crippen molar-refractivity contribution < 1.29 is 0 Å². The highest BCUT2D eigenvalue weighted by atomic mass is 14.3. The number of rotatable bonds is 6. The van der Waals surface area contributed by atoms with Gasteiger partial charge in [0.05, 0.1) is 0 Å². The van der Waals surface area contributed by atoms with Gasteiger partial charge in [-0.25, -0.2) is 0 Å². The van der Waals surface area contributed by atoms with Crippen molar-refractivity contribution in [1.29, 1.82) is 0 Å². The number of fused-ring (bicyclic) bond motifs is 3. The smallest absolute Gasteiger partial charge is 0.0137 e. The van der Waals surface area contributed by atoms with E-state index < -0.39 is 0 Å². The highest BCUT2D eigenvalue weighted by Crippen LogP contribution is 2.41. The van der Waals surface area contributed by atoms with Crippen LogP contribution in [0.3, 0.4) is 0 Å². The van der Waals surface area contributed by atoms with E-state index in [0.29, 0.717) is 5.92 Å². The lowest BCUT2D eigenvalue weighted by Gasteiger charge is -2.33. The Labute approximate surface area is 213 Å². The molecule has 2 atom stereocenters. The molecule has 0 saturated carbocycles. The van der Waals surface area contributed by atoms with Crippen molar-refractivity contribution in [3.05, 3.63) is 161 Å². The summed E-state index contributed by atoms with van der Waals surface area (Å²) in [5.41, 5.74) is 6.74. The molecular formula is C36H30. The average molecular weight is 463 g/mol. The number of allylic oxidation sites excluding steroid dienone is 6. The van der Waals surface area contributed by atoms with E-state index in [-0.39, 0.29) is 5.92 Å². The summed E-state index contributed by atoms with van der Waals surface area (Å²) >= 11 is 0. The van der Waals surface area contributed by atoms with Crippen LogP contribution in [0.1, 0.15) is 29.5 Å². The van der Waals surface area contributed by atoms with Gasteiger partial charge in [0.1, 0.15) is 0 Å². The summed E-state index contributed by atoms with van der Waals surface area (Å²) in [6.07, 6.45) is 17.7. The Morgan fingerprint density at radius 3 is 2.19 bits per heavy atom. The van der Waals surface area contributed by atoms with Crippen molar-refractivity contribution in [2.75, 3.05) is 0 Å². The SMILES string of the molecule is C=CCCC=Cc1cccc(C2=c3ccccc3=C(c3cccc4ccccc34)C3C=CC=CC23)c1. The number of hydrogen-bond acceptors (Lipinski definition) is 0. The van der Waals surface area contributed by atoms with Gasteiger partial charge < -0.3 is 0 Å². The predicted octanol–water partition coefficient (Wildman–Crippen LogP) is 7.59. The molecule has 4 aromatic carbocycles. The number of unbranched alkanes of at least 4 members (excludes halogenated alkanes) is 1. The lowest BCUT2D eigenvalue weighted by molar-refractivity contribution is 0.687. The highest BCUT2D eigenvalue weighted by Gasteiger charge is 2.32. The molecule has 0 fully saturated rings. The van der Waals surface area contributed by atoms with Crippen LogP contribution in [0.25, 0.3) is 28.0 Å². The fourth-order valence-electron chi connectivity index (χ4n) is 5.85. The molecule has 6 rings (SSSR count). The lowest BCUT2D eigenvalue weighted by Crippen LogP contribution is -2.40. The van der Waals surface area contributed by atoms with E-state index in [4.69, 9.17) is 0 Å². The maximum absolute atomic E-state index is 3.83. The molecule has 0 radical (unpaired) electrons. The van der Waals surface area contributed by atoms with E-state index >= 15 is 0 Å². The molecule has 0 N–H and O–H groups in total. The Balaban J connectivity index is 1.63. The molecular weight excluding hydrogens is 432 g/mol. The summed E-state index contributed by atoms with van der Waals surface area (Å²) in [5, 5.41) is 5.30. The number of hydrogen-bond donors (Lipinski definition) is 0. The summed E-state index contributed by atoms with van der Waals surface area (Å²) < 4.78 is 0. The van der Waals surface area contributed by atoms with Gasteiger partial charge in [0.25, 0.3) is 0 Å². The van der Waals surface area contributed by atoms with E-state index in [1.807, 2.05) is 6.08 Å². The Morgan fingerprint density at radius 1 is 0.667 bits per heavy atom. The summed E-state index contributed by atoms with van der Waals surface area (Å²) in [4.78, 5) is 0. The Bertz CT molecular complexity index is 1650. The van der Waals surface area contributed by atoms with Gasteiger partial charge in [0, 0.05) is 11.8 Å². The largest absolute Gasteiger partial charge is 0.103 e. The number of benzene rings is 4. The molecule has 0 heterocycles. The third-order valence-corrected chi connectivity index (χ3v) is 7.43. The zero-order valence-corrected chi connectivity index (χ0v) is 20.5. The van der Waals surface area contributed by atoms with Crippen molar-refractivity contribution >= 4 is 28.0 Å². The minimum atomic E-state index is 0.289. The molecule has 0 saturated heterocycles. The highest BCUT2D eigenvalue weighted by molar-refractivity contribution is 5.96. The monoisotopic (exact) mass is 462 g/mol. The van der Waals surface area contributed by atoms with Crippen molar-refractivity contribution in [3.63, 3.8) is 0 Å². The fraction of sp³-hybridized carbons (Fsp3) is 0.111. The van der Waals surface area contributed by atoms with E-state index in [1.54, 1.807) is 0 Å². The van der Waals surface area contributed by atoms with Crippen LogP contribution in [0.15, 0.2) is 134 Å². The minimum absolute atomic E-state index is 0.289. The van der Waals surface area contributed by atoms with Crippen LogP contribution in [-0.4, -0.2) is 0 Å². The van der Waals surface area contributed by atoms with E-state index in [1.165, 1.54) is 49.0 Å². The van der Waals surface area contributed by atoms with Crippen LogP contribution >= 0.6 is 0 Å². The maximum Gasteiger partial charge on any atom is 0.0137 e. The molecule has 2 aliphatic rings. The van der Waals surface area contributed by atoms with Gasteiger partial charge in [0.15, 0.2) is 0 Å². The first-order valence-corrected chi connectivity index (χ1v) is 12.9. The van der Waals surface area contributed by atoms with E-state index in [9.17, 15) is 0 Å².